The maximum atomic E-state index is 11.7. The van der Waals surface area contributed by atoms with Gasteiger partial charge in [0.15, 0.2) is 11.5 Å². The van der Waals surface area contributed by atoms with Crippen molar-refractivity contribution >= 4 is 12.1 Å². The van der Waals surface area contributed by atoms with Crippen molar-refractivity contribution in [3.05, 3.63) is 23.8 Å². The van der Waals surface area contributed by atoms with Gasteiger partial charge in [0.05, 0.1) is 11.2 Å². The zero-order chi connectivity index (χ0) is 19.4. The standard InChI is InChI=1S/C15H21NO6/c1-15(2,3)22-14(20)16-10(13(18)19)7-9-5-6-12(21-4)11(17)8-9/h5-6,8,10,17H,7H2,1-4H3,(H,16,20)(H,18,19)/t10-/m0/s1/i4D3. The highest BCUT2D eigenvalue weighted by molar-refractivity contribution is 5.80. The Balaban J connectivity index is 2.84. The highest BCUT2D eigenvalue weighted by Gasteiger charge is 2.24. The number of alkyl carbamates (subject to hydrolysis) is 1. The second-order valence-corrected chi connectivity index (χ2v) is 5.65. The van der Waals surface area contributed by atoms with E-state index in [-0.39, 0.29) is 12.2 Å². The molecule has 7 nitrogen and oxygen atoms in total. The maximum Gasteiger partial charge on any atom is 0.408 e. The topological polar surface area (TPSA) is 105 Å². The number of nitrogens with one attached hydrogen (secondary N) is 1. The van der Waals surface area contributed by atoms with Gasteiger partial charge in [-0.15, -0.1) is 0 Å². The van der Waals surface area contributed by atoms with E-state index in [0.29, 0.717) is 5.56 Å². The van der Waals surface area contributed by atoms with Crippen LogP contribution in [0.2, 0.25) is 0 Å². The van der Waals surface area contributed by atoms with Crippen molar-refractivity contribution in [3.63, 3.8) is 0 Å². The molecule has 7 heteroatoms. The average Bonchev–Trinajstić information content (AvgIpc) is 2.37. The number of carbonyl (C=O) groups is 2. The van der Waals surface area contributed by atoms with Gasteiger partial charge >= 0.3 is 12.1 Å². The van der Waals surface area contributed by atoms with Crippen LogP contribution in [0.3, 0.4) is 0 Å². The third-order valence-corrected chi connectivity index (χ3v) is 2.56. The molecule has 1 aromatic carbocycles. The molecule has 0 saturated heterocycles. The van der Waals surface area contributed by atoms with Gasteiger partial charge in [0, 0.05) is 6.42 Å². The molecule has 1 atom stereocenters. The molecule has 0 bridgehead atoms. The monoisotopic (exact) mass is 314 g/mol. The minimum Gasteiger partial charge on any atom is -0.504 e. The third-order valence-electron chi connectivity index (χ3n) is 2.56. The molecule has 0 unspecified atom stereocenters. The van der Waals surface area contributed by atoms with E-state index >= 15 is 0 Å². The van der Waals surface area contributed by atoms with E-state index in [9.17, 15) is 19.8 Å². The zero-order valence-electron chi connectivity index (χ0n) is 15.5. The average molecular weight is 314 g/mol. The van der Waals surface area contributed by atoms with E-state index in [2.05, 4.69) is 10.1 Å². The van der Waals surface area contributed by atoms with Crippen molar-refractivity contribution in [1.29, 1.82) is 0 Å². The molecule has 0 radical (unpaired) electrons. The predicted octanol–water partition coefficient (Wildman–Crippen LogP) is 1.92. The Labute approximate surface area is 133 Å². The lowest BCUT2D eigenvalue weighted by atomic mass is 10.1. The molecule has 0 aliphatic carbocycles. The van der Waals surface area contributed by atoms with Crippen molar-refractivity contribution in [2.45, 2.75) is 38.8 Å². The summed E-state index contributed by atoms with van der Waals surface area (Å²) in [6.07, 6.45) is -1.03. The van der Waals surface area contributed by atoms with Crippen LogP contribution in [0.4, 0.5) is 4.79 Å². The lowest BCUT2D eigenvalue weighted by Gasteiger charge is -2.22. The molecule has 3 N–H and O–H groups in total. The Morgan fingerprint density at radius 2 is 2.09 bits per heavy atom. The van der Waals surface area contributed by atoms with Crippen molar-refractivity contribution < 1.29 is 33.4 Å². The van der Waals surface area contributed by atoms with Gasteiger partial charge in [0.25, 0.3) is 0 Å². The maximum absolute atomic E-state index is 11.7. The summed E-state index contributed by atoms with van der Waals surface area (Å²) in [6, 6.07) is 2.49. The van der Waals surface area contributed by atoms with Crippen LogP contribution >= 0.6 is 0 Å². The van der Waals surface area contributed by atoms with E-state index in [1.165, 1.54) is 18.2 Å². The van der Waals surface area contributed by atoms with Crippen LogP contribution in [-0.2, 0) is 16.0 Å². The summed E-state index contributed by atoms with van der Waals surface area (Å²) in [6.45, 7) is 4.93. The predicted molar refractivity (Wildman–Crippen MR) is 79.2 cm³/mol. The quantitative estimate of drug-likeness (QED) is 0.767. The number of hydrogen-bond acceptors (Lipinski definition) is 5. The number of carboxylic acid groups (broad SMARTS) is 1. The lowest BCUT2D eigenvalue weighted by molar-refractivity contribution is -0.139. The molecule has 0 saturated carbocycles. The van der Waals surface area contributed by atoms with Crippen molar-refractivity contribution in [2.24, 2.45) is 0 Å². The van der Waals surface area contributed by atoms with Crippen LogP contribution in [0.5, 0.6) is 11.5 Å². The smallest absolute Gasteiger partial charge is 0.408 e. The molecule has 0 fully saturated rings. The minimum atomic E-state index is -2.72. The van der Waals surface area contributed by atoms with Crippen molar-refractivity contribution in [1.82, 2.24) is 5.32 Å². The number of methoxy groups -OCH3 is 1. The number of rotatable bonds is 5. The molecule has 0 aliphatic rings. The molecule has 0 aliphatic heterocycles. The first-order valence-electron chi connectivity index (χ1n) is 8.00. The molecule has 1 aromatic rings. The highest BCUT2D eigenvalue weighted by atomic mass is 16.6. The summed E-state index contributed by atoms with van der Waals surface area (Å²) in [5.74, 6) is -1.99. The van der Waals surface area contributed by atoms with E-state index in [1.54, 1.807) is 20.8 Å². The van der Waals surface area contributed by atoms with Crippen LogP contribution < -0.4 is 10.1 Å². The van der Waals surface area contributed by atoms with Gasteiger partial charge < -0.3 is 25.0 Å². The van der Waals surface area contributed by atoms with Gasteiger partial charge in [-0.05, 0) is 38.5 Å². The first-order chi connectivity index (χ1) is 11.3. The van der Waals surface area contributed by atoms with E-state index < -0.39 is 36.5 Å². The van der Waals surface area contributed by atoms with Gasteiger partial charge in [-0.1, -0.05) is 6.07 Å². The first-order valence-corrected chi connectivity index (χ1v) is 6.50. The van der Waals surface area contributed by atoms with Crippen LogP contribution in [-0.4, -0.2) is 41.0 Å². The number of carboxylic acids is 1. The van der Waals surface area contributed by atoms with Crippen LogP contribution in [0.25, 0.3) is 0 Å². The van der Waals surface area contributed by atoms with Crippen LogP contribution in [0.15, 0.2) is 18.2 Å². The molecular weight excluding hydrogens is 290 g/mol. The van der Waals surface area contributed by atoms with Crippen molar-refractivity contribution in [2.75, 3.05) is 7.04 Å². The van der Waals surface area contributed by atoms with Crippen LogP contribution in [0.1, 0.15) is 30.4 Å². The number of hydrogen-bond donors (Lipinski definition) is 3. The summed E-state index contributed by atoms with van der Waals surface area (Å²) in [7, 11) is -2.72. The molecule has 22 heavy (non-hydrogen) atoms. The molecule has 1 rings (SSSR count). The fraction of sp³-hybridized carbons (Fsp3) is 0.467. The summed E-state index contributed by atoms with van der Waals surface area (Å²) in [4.78, 5) is 23.0. The number of phenols is 1. The Kier molecular flexibility index (Phi) is 4.22. The summed E-state index contributed by atoms with van der Waals surface area (Å²) in [5, 5.41) is 21.3. The number of ether oxygens (including phenoxy) is 2. The lowest BCUT2D eigenvalue weighted by Crippen LogP contribution is -2.44. The molecule has 0 heterocycles. The summed E-state index contributed by atoms with van der Waals surface area (Å²) < 4.78 is 30.6. The summed E-state index contributed by atoms with van der Waals surface area (Å²) in [5.41, 5.74) is -0.418. The summed E-state index contributed by atoms with van der Waals surface area (Å²) >= 11 is 0. The first kappa shape index (κ1) is 13.2. The number of aliphatic carboxylic acids is 1. The second-order valence-electron chi connectivity index (χ2n) is 5.65. The molecule has 122 valence electrons. The van der Waals surface area contributed by atoms with Crippen molar-refractivity contribution in [3.8, 4) is 11.5 Å². The van der Waals surface area contributed by atoms with Gasteiger partial charge in [0.1, 0.15) is 11.6 Å². The van der Waals surface area contributed by atoms with Gasteiger partial charge in [0.2, 0.25) is 0 Å². The van der Waals surface area contributed by atoms with E-state index in [1.807, 2.05) is 0 Å². The SMILES string of the molecule is [2H]C([2H])([2H])Oc1ccc(C[C@H](NC(=O)OC(C)(C)C)C(=O)O)cc1O. The molecule has 0 aromatic heterocycles. The molecule has 0 spiro atoms. The van der Waals surface area contributed by atoms with E-state index in [0.717, 1.165) is 0 Å². The van der Waals surface area contributed by atoms with Gasteiger partial charge in [-0.25, -0.2) is 9.59 Å². The highest BCUT2D eigenvalue weighted by Crippen LogP contribution is 2.26. The van der Waals surface area contributed by atoms with Gasteiger partial charge in [-0.2, -0.15) is 0 Å². The Hall–Kier alpha value is -2.44. The largest absolute Gasteiger partial charge is 0.504 e. The minimum absolute atomic E-state index is 0.143. The number of amides is 1. The number of aromatic hydroxyl groups is 1. The van der Waals surface area contributed by atoms with Gasteiger partial charge in [-0.3, -0.25) is 0 Å². The Morgan fingerprint density at radius 3 is 2.59 bits per heavy atom. The second kappa shape index (κ2) is 7.02. The fourth-order valence-corrected chi connectivity index (χ4v) is 1.66. The zero-order valence-corrected chi connectivity index (χ0v) is 12.5. The normalized spacial score (nSPS) is 15.0. The number of phenolic OH excluding ortho intramolecular Hbond substituents is 1. The Morgan fingerprint density at radius 1 is 1.41 bits per heavy atom. The Bertz CT molecular complexity index is 639. The number of carbonyl (C=O) groups excluding carboxylic acids is 1. The molecule has 1 amide bonds. The molecular formula is C15H21NO6. The fourth-order valence-electron chi connectivity index (χ4n) is 1.66. The third kappa shape index (κ3) is 5.51. The number of benzene rings is 1. The van der Waals surface area contributed by atoms with Crippen LogP contribution in [0, 0.1) is 0 Å². The van der Waals surface area contributed by atoms with E-state index in [4.69, 9.17) is 8.85 Å².